The molecule has 0 amide bonds. The number of H-pyrrole nitrogens is 2. The van der Waals surface area contributed by atoms with Gasteiger partial charge in [-0.3, -0.25) is 19.9 Å². The van der Waals surface area contributed by atoms with Crippen LogP contribution in [0.3, 0.4) is 0 Å². The van der Waals surface area contributed by atoms with Gasteiger partial charge in [0.1, 0.15) is 0 Å². The lowest BCUT2D eigenvalue weighted by molar-refractivity contribution is 1.02. The third-order valence-electron chi connectivity index (χ3n) is 2.97. The molecule has 0 saturated carbocycles. The van der Waals surface area contributed by atoms with Crippen LogP contribution >= 0.6 is 0 Å². The third kappa shape index (κ3) is 2.06. The number of rotatable bonds is 2. The van der Waals surface area contributed by atoms with Gasteiger partial charge in [-0.15, -0.1) is 0 Å². The summed E-state index contributed by atoms with van der Waals surface area (Å²) in [6.07, 6.45) is 3.32. The molecule has 2 heterocycles. The average molecular weight is 252 g/mol. The first-order chi connectivity index (χ1) is 9.25. The fourth-order valence-electron chi connectivity index (χ4n) is 1.94. The highest BCUT2D eigenvalue weighted by atomic mass is 16.1. The summed E-state index contributed by atoms with van der Waals surface area (Å²) in [5.74, 6) is 0. The summed E-state index contributed by atoms with van der Waals surface area (Å²) >= 11 is 0. The van der Waals surface area contributed by atoms with Crippen molar-refractivity contribution in [1.82, 2.24) is 15.2 Å². The number of aromatic amines is 2. The number of pyridine rings is 1. The number of hydrogen-bond acceptors (Lipinski definition) is 3. The summed E-state index contributed by atoms with van der Waals surface area (Å²) in [5.41, 5.74) is 2.83. The molecule has 5 nitrogen and oxygen atoms in total. The van der Waals surface area contributed by atoms with Crippen molar-refractivity contribution in [3.05, 3.63) is 58.1 Å². The first-order valence-corrected chi connectivity index (χ1v) is 5.91. The summed E-state index contributed by atoms with van der Waals surface area (Å²) in [6.45, 7) is 1.82. The van der Waals surface area contributed by atoms with E-state index in [1.54, 1.807) is 12.4 Å². The molecule has 2 aromatic heterocycles. The van der Waals surface area contributed by atoms with E-state index in [0.29, 0.717) is 5.56 Å². The first-order valence-electron chi connectivity index (χ1n) is 5.91. The Morgan fingerprint density at radius 2 is 2.11 bits per heavy atom. The van der Waals surface area contributed by atoms with Gasteiger partial charge in [-0.05, 0) is 31.2 Å². The number of aromatic nitrogens is 3. The summed E-state index contributed by atoms with van der Waals surface area (Å²) in [7, 11) is 0. The number of benzene rings is 1. The molecule has 3 aromatic rings. The lowest BCUT2D eigenvalue weighted by Crippen LogP contribution is -2.04. The number of nitrogens with zero attached hydrogens (tertiary/aromatic N) is 2. The molecular formula is C14H12N4O. The summed E-state index contributed by atoms with van der Waals surface area (Å²) in [6, 6.07) is 9.56. The molecule has 94 valence electrons. The van der Waals surface area contributed by atoms with Crippen molar-refractivity contribution in [2.45, 2.75) is 6.92 Å². The number of nitrogens with one attached hydrogen (secondary N) is 2. The Kier molecular flexibility index (Phi) is 2.72. The molecule has 0 aliphatic carbocycles. The zero-order valence-electron chi connectivity index (χ0n) is 10.3. The van der Waals surface area contributed by atoms with E-state index >= 15 is 0 Å². The second kappa shape index (κ2) is 4.53. The van der Waals surface area contributed by atoms with Crippen LogP contribution in [0.4, 0.5) is 5.69 Å². The zero-order valence-corrected chi connectivity index (χ0v) is 10.3. The monoisotopic (exact) mass is 252 g/mol. The normalized spacial score (nSPS) is 11.4. The second-order valence-electron chi connectivity index (χ2n) is 4.22. The Morgan fingerprint density at radius 3 is 2.89 bits per heavy atom. The van der Waals surface area contributed by atoms with Gasteiger partial charge in [-0.2, -0.15) is 0 Å². The van der Waals surface area contributed by atoms with Crippen LogP contribution in [-0.2, 0) is 0 Å². The largest absolute Gasteiger partial charge is 0.302 e. The van der Waals surface area contributed by atoms with Crippen molar-refractivity contribution >= 4 is 22.8 Å². The molecule has 0 radical (unpaired) electrons. The van der Waals surface area contributed by atoms with Crippen LogP contribution in [0.25, 0.3) is 10.9 Å². The van der Waals surface area contributed by atoms with Gasteiger partial charge in [0.2, 0.25) is 0 Å². The Labute approximate surface area is 109 Å². The van der Waals surface area contributed by atoms with Crippen molar-refractivity contribution in [2.75, 3.05) is 0 Å². The molecule has 0 spiro atoms. The fraction of sp³-hybridized carbons (Fsp3) is 0.0714. The van der Waals surface area contributed by atoms with E-state index in [9.17, 15) is 4.79 Å². The standard InChI is InChI=1S/C14H12N4O/c1-9-11(14(19)18-17-9)8-16-13-6-2-5-12-10(13)4-3-7-15-12/h2-8H,1H3,(H2,17,18,19). The Bertz CT molecular complexity index is 808. The van der Waals surface area contributed by atoms with E-state index in [-0.39, 0.29) is 5.56 Å². The molecule has 0 aliphatic heterocycles. The van der Waals surface area contributed by atoms with Gasteiger partial charge in [0.15, 0.2) is 0 Å². The van der Waals surface area contributed by atoms with Gasteiger partial charge in [0.25, 0.3) is 5.56 Å². The first kappa shape index (κ1) is 11.4. The average Bonchev–Trinajstić information content (AvgIpc) is 2.76. The van der Waals surface area contributed by atoms with E-state index in [1.165, 1.54) is 0 Å². The van der Waals surface area contributed by atoms with Crippen molar-refractivity contribution in [2.24, 2.45) is 4.99 Å². The highest BCUT2D eigenvalue weighted by molar-refractivity contribution is 5.93. The molecule has 19 heavy (non-hydrogen) atoms. The minimum absolute atomic E-state index is 0.167. The van der Waals surface area contributed by atoms with E-state index in [0.717, 1.165) is 22.3 Å². The van der Waals surface area contributed by atoms with E-state index in [2.05, 4.69) is 20.2 Å². The Hall–Kier alpha value is -2.69. The minimum Gasteiger partial charge on any atom is -0.302 e. The maximum Gasteiger partial charge on any atom is 0.272 e. The van der Waals surface area contributed by atoms with Crippen LogP contribution in [0.1, 0.15) is 11.3 Å². The molecule has 2 N–H and O–H groups in total. The second-order valence-corrected chi connectivity index (χ2v) is 4.22. The maximum absolute atomic E-state index is 11.5. The van der Waals surface area contributed by atoms with Crippen LogP contribution in [0.5, 0.6) is 0 Å². The van der Waals surface area contributed by atoms with Gasteiger partial charge in [-0.1, -0.05) is 6.07 Å². The highest BCUT2D eigenvalue weighted by Gasteiger charge is 2.03. The van der Waals surface area contributed by atoms with Crippen LogP contribution in [0.15, 0.2) is 46.3 Å². The minimum atomic E-state index is -0.167. The Balaban J connectivity index is 2.09. The zero-order chi connectivity index (χ0) is 13.2. The molecule has 0 saturated heterocycles. The van der Waals surface area contributed by atoms with Gasteiger partial charge >= 0.3 is 0 Å². The molecule has 0 atom stereocenters. The lowest BCUT2D eigenvalue weighted by Gasteiger charge is -1.99. The number of aryl methyl sites for hydroxylation is 1. The quantitative estimate of drug-likeness (QED) is 0.687. The van der Waals surface area contributed by atoms with E-state index < -0.39 is 0 Å². The van der Waals surface area contributed by atoms with Gasteiger partial charge in [0, 0.05) is 23.5 Å². The highest BCUT2D eigenvalue weighted by Crippen LogP contribution is 2.23. The van der Waals surface area contributed by atoms with Crippen LogP contribution in [0, 0.1) is 6.92 Å². The smallest absolute Gasteiger partial charge is 0.272 e. The Morgan fingerprint density at radius 1 is 1.21 bits per heavy atom. The van der Waals surface area contributed by atoms with Crippen molar-refractivity contribution in [3.8, 4) is 0 Å². The van der Waals surface area contributed by atoms with Gasteiger partial charge < -0.3 is 5.10 Å². The molecular weight excluding hydrogens is 240 g/mol. The van der Waals surface area contributed by atoms with E-state index in [1.807, 2.05) is 37.3 Å². The van der Waals surface area contributed by atoms with Gasteiger partial charge in [0.05, 0.1) is 16.8 Å². The third-order valence-corrected chi connectivity index (χ3v) is 2.97. The predicted molar refractivity (Wildman–Crippen MR) is 75.1 cm³/mol. The fourth-order valence-corrected chi connectivity index (χ4v) is 1.94. The molecule has 0 bridgehead atoms. The maximum atomic E-state index is 11.5. The van der Waals surface area contributed by atoms with Crippen molar-refractivity contribution in [1.29, 1.82) is 0 Å². The van der Waals surface area contributed by atoms with Crippen molar-refractivity contribution < 1.29 is 0 Å². The SMILES string of the molecule is Cc1[nH][nH]c(=O)c1C=Nc1cccc2ncccc12. The molecule has 0 fully saturated rings. The van der Waals surface area contributed by atoms with Crippen molar-refractivity contribution in [3.63, 3.8) is 0 Å². The van der Waals surface area contributed by atoms with Crippen LogP contribution in [0.2, 0.25) is 0 Å². The summed E-state index contributed by atoms with van der Waals surface area (Å²) < 4.78 is 0. The van der Waals surface area contributed by atoms with Crippen LogP contribution < -0.4 is 5.56 Å². The predicted octanol–water partition coefficient (Wildman–Crippen LogP) is 2.31. The number of aliphatic imine (C=N–C) groups is 1. The molecule has 0 aliphatic rings. The number of hydrogen-bond donors (Lipinski definition) is 2. The molecule has 1 aromatic carbocycles. The van der Waals surface area contributed by atoms with Gasteiger partial charge in [-0.25, -0.2) is 0 Å². The molecule has 5 heteroatoms. The van der Waals surface area contributed by atoms with E-state index in [4.69, 9.17) is 0 Å². The summed E-state index contributed by atoms with van der Waals surface area (Å²) in [4.78, 5) is 20.2. The molecule has 0 unspecified atom stereocenters. The number of fused-ring (bicyclic) bond motifs is 1. The lowest BCUT2D eigenvalue weighted by atomic mass is 10.2. The molecule has 3 rings (SSSR count). The summed E-state index contributed by atoms with van der Waals surface area (Å²) in [5, 5.41) is 6.26. The topological polar surface area (TPSA) is 73.9 Å². The van der Waals surface area contributed by atoms with Crippen LogP contribution in [-0.4, -0.2) is 21.4 Å².